The van der Waals surface area contributed by atoms with Crippen molar-refractivity contribution in [2.75, 3.05) is 6.54 Å². The zero-order valence-electron chi connectivity index (χ0n) is 14.6. The van der Waals surface area contributed by atoms with E-state index in [0.717, 1.165) is 31.2 Å². The highest BCUT2D eigenvalue weighted by atomic mass is 16.2. The third-order valence-electron chi connectivity index (χ3n) is 5.30. The molecule has 1 atom stereocenters. The van der Waals surface area contributed by atoms with Crippen molar-refractivity contribution in [3.8, 4) is 0 Å². The lowest BCUT2D eigenvalue weighted by atomic mass is 9.95. The fourth-order valence-corrected chi connectivity index (χ4v) is 3.60. The van der Waals surface area contributed by atoms with Gasteiger partial charge in [0, 0.05) is 19.1 Å². The van der Waals surface area contributed by atoms with Crippen molar-refractivity contribution in [2.45, 2.75) is 56.7 Å². The SMILES string of the molecule is NCC(NC(=O)C1(NC(=O)NCc2ccccc2)CCCC1)C1CC1. The minimum absolute atomic E-state index is 0.0270. The van der Waals surface area contributed by atoms with Crippen LogP contribution in [-0.4, -0.2) is 30.1 Å². The predicted molar refractivity (Wildman–Crippen MR) is 96.7 cm³/mol. The molecule has 6 heteroatoms. The van der Waals surface area contributed by atoms with Gasteiger partial charge in [-0.05, 0) is 37.2 Å². The number of hydrogen-bond acceptors (Lipinski definition) is 3. The molecule has 0 heterocycles. The smallest absolute Gasteiger partial charge is 0.315 e. The van der Waals surface area contributed by atoms with Crippen LogP contribution in [0.3, 0.4) is 0 Å². The molecule has 0 bridgehead atoms. The molecule has 0 aliphatic heterocycles. The van der Waals surface area contributed by atoms with Crippen molar-refractivity contribution >= 4 is 11.9 Å². The molecule has 0 aromatic heterocycles. The summed E-state index contributed by atoms with van der Waals surface area (Å²) in [6.07, 6.45) is 5.51. The van der Waals surface area contributed by atoms with Crippen molar-refractivity contribution in [1.82, 2.24) is 16.0 Å². The number of urea groups is 1. The second-order valence-corrected chi connectivity index (χ2v) is 7.24. The average Bonchev–Trinajstić information content (AvgIpc) is 3.37. The van der Waals surface area contributed by atoms with Crippen molar-refractivity contribution < 1.29 is 9.59 Å². The monoisotopic (exact) mass is 344 g/mol. The quantitative estimate of drug-likeness (QED) is 0.605. The van der Waals surface area contributed by atoms with E-state index in [1.54, 1.807) is 0 Å². The van der Waals surface area contributed by atoms with E-state index in [0.29, 0.717) is 31.8 Å². The summed E-state index contributed by atoms with van der Waals surface area (Å²) in [4.78, 5) is 25.2. The van der Waals surface area contributed by atoms with Crippen LogP contribution in [0.2, 0.25) is 0 Å². The van der Waals surface area contributed by atoms with Crippen LogP contribution in [0.1, 0.15) is 44.1 Å². The first-order valence-electron chi connectivity index (χ1n) is 9.24. The van der Waals surface area contributed by atoms with Crippen molar-refractivity contribution in [3.63, 3.8) is 0 Å². The minimum atomic E-state index is -0.802. The molecule has 1 unspecified atom stereocenters. The van der Waals surface area contributed by atoms with Crippen LogP contribution < -0.4 is 21.7 Å². The van der Waals surface area contributed by atoms with E-state index in [2.05, 4.69) is 16.0 Å². The Hall–Kier alpha value is -2.08. The molecule has 0 radical (unpaired) electrons. The molecular formula is C19H28N4O2. The molecule has 1 aromatic rings. The van der Waals surface area contributed by atoms with Gasteiger partial charge in [-0.15, -0.1) is 0 Å². The second kappa shape index (κ2) is 7.87. The summed E-state index contributed by atoms with van der Waals surface area (Å²) in [5.74, 6) is 0.418. The number of carbonyl (C=O) groups excluding carboxylic acids is 2. The highest BCUT2D eigenvalue weighted by molar-refractivity contribution is 5.91. The largest absolute Gasteiger partial charge is 0.350 e. The maximum atomic E-state index is 12.9. The first-order valence-corrected chi connectivity index (χ1v) is 9.24. The molecule has 1 aromatic carbocycles. The van der Waals surface area contributed by atoms with E-state index in [9.17, 15) is 9.59 Å². The maximum absolute atomic E-state index is 12.9. The molecule has 2 saturated carbocycles. The van der Waals surface area contributed by atoms with Gasteiger partial charge in [-0.1, -0.05) is 43.2 Å². The fourth-order valence-electron chi connectivity index (χ4n) is 3.60. The number of benzene rings is 1. The van der Waals surface area contributed by atoms with Gasteiger partial charge < -0.3 is 21.7 Å². The number of hydrogen-bond donors (Lipinski definition) is 4. The molecule has 3 rings (SSSR count). The molecule has 2 aliphatic carbocycles. The molecule has 0 saturated heterocycles. The average molecular weight is 344 g/mol. The summed E-state index contributed by atoms with van der Waals surface area (Å²) in [6, 6.07) is 9.46. The van der Waals surface area contributed by atoms with Crippen LogP contribution in [0.4, 0.5) is 4.79 Å². The number of rotatable bonds is 7. The molecule has 2 aliphatic rings. The Morgan fingerprint density at radius 3 is 2.44 bits per heavy atom. The maximum Gasteiger partial charge on any atom is 0.315 e. The molecule has 136 valence electrons. The first kappa shape index (κ1) is 17.7. The van der Waals surface area contributed by atoms with Crippen molar-refractivity contribution in [2.24, 2.45) is 11.7 Å². The molecule has 6 nitrogen and oxygen atoms in total. The predicted octanol–water partition coefficient (Wildman–Crippen LogP) is 1.65. The summed E-state index contributed by atoms with van der Waals surface area (Å²) in [5.41, 5.74) is 6.03. The lowest BCUT2D eigenvalue weighted by Crippen LogP contribution is -2.61. The van der Waals surface area contributed by atoms with Gasteiger partial charge in [-0.3, -0.25) is 4.79 Å². The molecule has 2 fully saturated rings. The second-order valence-electron chi connectivity index (χ2n) is 7.24. The Kier molecular flexibility index (Phi) is 5.58. The third kappa shape index (κ3) is 4.51. The van der Waals surface area contributed by atoms with Gasteiger partial charge >= 0.3 is 6.03 Å². The third-order valence-corrected chi connectivity index (χ3v) is 5.30. The van der Waals surface area contributed by atoms with E-state index in [1.165, 1.54) is 0 Å². The Morgan fingerprint density at radius 1 is 1.16 bits per heavy atom. The minimum Gasteiger partial charge on any atom is -0.350 e. The van der Waals surface area contributed by atoms with E-state index >= 15 is 0 Å². The lowest BCUT2D eigenvalue weighted by Gasteiger charge is -2.31. The topological polar surface area (TPSA) is 96.2 Å². The summed E-state index contributed by atoms with van der Waals surface area (Å²) in [7, 11) is 0. The summed E-state index contributed by atoms with van der Waals surface area (Å²) in [6.45, 7) is 0.893. The Labute approximate surface area is 148 Å². The van der Waals surface area contributed by atoms with Crippen LogP contribution in [0.15, 0.2) is 30.3 Å². The van der Waals surface area contributed by atoms with E-state index in [1.807, 2.05) is 30.3 Å². The van der Waals surface area contributed by atoms with Gasteiger partial charge in [0.1, 0.15) is 5.54 Å². The van der Waals surface area contributed by atoms with Crippen LogP contribution in [0, 0.1) is 5.92 Å². The number of nitrogens with two attached hydrogens (primary N) is 1. The van der Waals surface area contributed by atoms with Crippen LogP contribution in [0.25, 0.3) is 0 Å². The Bertz CT molecular complexity index is 595. The molecule has 5 N–H and O–H groups in total. The zero-order valence-corrected chi connectivity index (χ0v) is 14.6. The van der Waals surface area contributed by atoms with Gasteiger partial charge in [-0.2, -0.15) is 0 Å². The van der Waals surface area contributed by atoms with Gasteiger partial charge in [0.25, 0.3) is 0 Å². The van der Waals surface area contributed by atoms with Gasteiger partial charge in [-0.25, -0.2) is 4.79 Å². The summed E-state index contributed by atoms with van der Waals surface area (Å²) >= 11 is 0. The highest BCUT2D eigenvalue weighted by Gasteiger charge is 2.44. The van der Waals surface area contributed by atoms with E-state index in [-0.39, 0.29) is 18.0 Å². The summed E-state index contributed by atoms with van der Waals surface area (Å²) < 4.78 is 0. The highest BCUT2D eigenvalue weighted by Crippen LogP contribution is 2.34. The van der Waals surface area contributed by atoms with Crippen molar-refractivity contribution in [1.29, 1.82) is 0 Å². The molecule has 25 heavy (non-hydrogen) atoms. The Morgan fingerprint density at radius 2 is 1.84 bits per heavy atom. The van der Waals surface area contributed by atoms with Gasteiger partial charge in [0.2, 0.25) is 5.91 Å². The normalized spacial score (nSPS) is 19.9. The number of nitrogens with one attached hydrogen (secondary N) is 3. The molecule has 3 amide bonds. The fraction of sp³-hybridized carbons (Fsp3) is 0.579. The van der Waals surface area contributed by atoms with Crippen LogP contribution in [0.5, 0.6) is 0 Å². The molecular weight excluding hydrogens is 316 g/mol. The zero-order chi connectivity index (χ0) is 17.7. The first-order chi connectivity index (χ1) is 12.1. The van der Waals surface area contributed by atoms with E-state index < -0.39 is 5.54 Å². The van der Waals surface area contributed by atoms with Crippen LogP contribution >= 0.6 is 0 Å². The van der Waals surface area contributed by atoms with Crippen molar-refractivity contribution in [3.05, 3.63) is 35.9 Å². The van der Waals surface area contributed by atoms with Gasteiger partial charge in [0.15, 0.2) is 0 Å². The summed E-state index contributed by atoms with van der Waals surface area (Å²) in [5, 5.41) is 8.89. The standard InChI is InChI=1S/C19H28N4O2/c20-12-16(15-8-9-15)22-17(24)19(10-4-5-11-19)23-18(25)21-13-14-6-2-1-3-7-14/h1-3,6-7,15-16H,4-5,8-13,20H2,(H,22,24)(H2,21,23,25). The van der Waals surface area contributed by atoms with Crippen LogP contribution in [-0.2, 0) is 11.3 Å². The lowest BCUT2D eigenvalue weighted by molar-refractivity contribution is -0.128. The van der Waals surface area contributed by atoms with Gasteiger partial charge in [0.05, 0.1) is 0 Å². The Balaban J connectivity index is 1.57. The number of amides is 3. The number of carbonyl (C=O) groups is 2. The molecule has 0 spiro atoms. The van der Waals surface area contributed by atoms with E-state index in [4.69, 9.17) is 5.73 Å².